The van der Waals surface area contributed by atoms with Crippen molar-refractivity contribution >= 4 is 41.0 Å². The van der Waals surface area contributed by atoms with Crippen LogP contribution in [-0.4, -0.2) is 134 Å². The second kappa shape index (κ2) is 29.8. The van der Waals surface area contributed by atoms with Crippen LogP contribution in [0.5, 0.6) is 23.0 Å². The molecule has 6 rings (SSSR count). The lowest BCUT2D eigenvalue weighted by molar-refractivity contribution is -0.156. The van der Waals surface area contributed by atoms with Gasteiger partial charge in [-0.1, -0.05) is 37.8 Å². The van der Waals surface area contributed by atoms with Crippen molar-refractivity contribution in [2.45, 2.75) is 64.2 Å². The minimum absolute atomic E-state index is 0.00822. The minimum atomic E-state index is -0.443. The lowest BCUT2D eigenvalue weighted by Crippen LogP contribution is -2.54. The summed E-state index contributed by atoms with van der Waals surface area (Å²) >= 11 is 0. The van der Waals surface area contributed by atoms with Crippen molar-refractivity contribution in [1.82, 2.24) is 19.6 Å². The van der Waals surface area contributed by atoms with E-state index in [1.165, 1.54) is 0 Å². The van der Waals surface area contributed by atoms with E-state index in [0.29, 0.717) is 126 Å². The van der Waals surface area contributed by atoms with E-state index < -0.39 is 23.6 Å². The molecule has 0 unspecified atom stereocenters. The van der Waals surface area contributed by atoms with E-state index in [0.717, 1.165) is 62.9 Å². The lowest BCUT2D eigenvalue weighted by atomic mass is 10.1. The maximum absolute atomic E-state index is 12.5. The Morgan fingerprint density at radius 2 is 0.764 bits per heavy atom. The number of carbonyl (C=O) groups excluding carboxylic acids is 4. The standard InChI is InChI=1S/C27H36N6O4.C27H30N4O4/c28-24(29)20-6-10-22(11-7-20)36-18-4-2-1-3-14-32-16-17-33(27(35)26(32)34)15-5-19-37-23-12-8-21(9-13-23)25(30)31;1-29-23-9-13-25(14-10-23)34-19-5-3-2-4-15-30-17-18-31(27(33)26(30)32)16-6-20-35-24-11-7-22(21-28)8-12-24/h6-13H,1-5,14-19H2,(H3,28,29)(H3,30,31);7-14H,2-6,15-20H2. The molecule has 0 spiro atoms. The molecule has 72 heavy (non-hydrogen) atoms. The van der Waals surface area contributed by atoms with Gasteiger partial charge in [0.1, 0.15) is 34.7 Å². The first-order valence-corrected chi connectivity index (χ1v) is 24.5. The predicted molar refractivity (Wildman–Crippen MR) is 273 cm³/mol. The number of hydrogen-bond acceptors (Lipinski definition) is 11. The van der Waals surface area contributed by atoms with Crippen molar-refractivity contribution in [2.24, 2.45) is 11.5 Å². The first kappa shape index (κ1) is 54.8. The summed E-state index contributed by atoms with van der Waals surface area (Å²) in [6.07, 6.45) is 8.66. The van der Waals surface area contributed by atoms with Crippen LogP contribution < -0.4 is 30.4 Å². The molecule has 2 aliphatic rings. The van der Waals surface area contributed by atoms with Crippen molar-refractivity contribution < 1.29 is 38.1 Å². The van der Waals surface area contributed by atoms with Crippen molar-refractivity contribution in [3.8, 4) is 29.1 Å². The van der Waals surface area contributed by atoms with Gasteiger partial charge in [0.2, 0.25) is 0 Å². The molecule has 2 aliphatic heterocycles. The normalized spacial score (nSPS) is 13.4. The first-order valence-electron chi connectivity index (χ1n) is 24.5. The minimum Gasteiger partial charge on any atom is -0.494 e. The smallest absolute Gasteiger partial charge is 0.312 e. The fraction of sp³-hybridized carbons (Fsp3) is 0.407. The summed E-state index contributed by atoms with van der Waals surface area (Å²) in [7, 11) is 0. The van der Waals surface area contributed by atoms with Gasteiger partial charge in [-0.15, -0.1) is 0 Å². The van der Waals surface area contributed by atoms with Crippen LogP contribution in [0.1, 0.15) is 80.9 Å². The Bertz CT molecular complexity index is 2470. The molecule has 380 valence electrons. The molecule has 0 atom stereocenters. The van der Waals surface area contributed by atoms with Crippen LogP contribution in [0.2, 0.25) is 0 Å². The Hall–Kier alpha value is -8.12. The van der Waals surface area contributed by atoms with Gasteiger partial charge in [-0.25, -0.2) is 4.85 Å². The van der Waals surface area contributed by atoms with E-state index in [9.17, 15) is 19.2 Å². The molecule has 0 radical (unpaired) electrons. The number of hydrogen-bond donors (Lipinski definition) is 4. The summed E-state index contributed by atoms with van der Waals surface area (Å²) in [6, 6.07) is 30.1. The molecule has 4 aromatic carbocycles. The number of nitrogens with zero attached hydrogens (tertiary/aromatic N) is 6. The fourth-order valence-electron chi connectivity index (χ4n) is 7.77. The van der Waals surface area contributed by atoms with Gasteiger partial charge in [0, 0.05) is 63.5 Å². The second-order valence-electron chi connectivity index (χ2n) is 17.2. The summed E-state index contributed by atoms with van der Waals surface area (Å²) in [5, 5.41) is 23.6. The Kier molecular flexibility index (Phi) is 22.7. The number of ether oxygens (including phenoxy) is 4. The topological polar surface area (TPSA) is 246 Å². The Labute approximate surface area is 422 Å². The number of nitrogens with one attached hydrogen (secondary N) is 2. The van der Waals surface area contributed by atoms with E-state index in [2.05, 4.69) is 10.9 Å². The van der Waals surface area contributed by atoms with Crippen molar-refractivity contribution in [3.63, 3.8) is 0 Å². The van der Waals surface area contributed by atoms with Gasteiger partial charge in [0.25, 0.3) is 0 Å². The van der Waals surface area contributed by atoms with E-state index in [4.69, 9.17) is 53.1 Å². The van der Waals surface area contributed by atoms with Crippen LogP contribution >= 0.6 is 0 Å². The summed E-state index contributed by atoms with van der Waals surface area (Å²) in [5.41, 5.74) is 13.4. The number of rotatable bonds is 28. The molecule has 18 heteroatoms. The summed E-state index contributed by atoms with van der Waals surface area (Å²) < 4.78 is 22.7. The zero-order chi connectivity index (χ0) is 51.5. The van der Waals surface area contributed by atoms with Crippen LogP contribution in [0.4, 0.5) is 5.69 Å². The van der Waals surface area contributed by atoms with Gasteiger partial charge in [-0.05, 0) is 123 Å². The number of nitriles is 1. The molecule has 0 aliphatic carbocycles. The quantitative estimate of drug-likeness (QED) is 0.0157. The summed E-state index contributed by atoms with van der Waals surface area (Å²) in [4.78, 5) is 59.8. The maximum Gasteiger partial charge on any atom is 0.312 e. The second-order valence-corrected chi connectivity index (χ2v) is 17.2. The monoisotopic (exact) mass is 983 g/mol. The van der Waals surface area contributed by atoms with Crippen LogP contribution in [-0.2, 0) is 19.2 Å². The Balaban J connectivity index is 0.000000268. The maximum atomic E-state index is 12.5. The lowest BCUT2D eigenvalue weighted by Gasteiger charge is -2.33. The molecule has 6 N–H and O–H groups in total. The predicted octanol–water partition coefficient (Wildman–Crippen LogP) is 6.52. The van der Waals surface area contributed by atoms with Gasteiger partial charge < -0.3 is 50.0 Å². The molecule has 2 heterocycles. The molecule has 2 saturated heterocycles. The Morgan fingerprint density at radius 1 is 0.472 bits per heavy atom. The molecule has 0 aromatic heterocycles. The van der Waals surface area contributed by atoms with Crippen LogP contribution in [0.25, 0.3) is 4.85 Å². The highest BCUT2D eigenvalue weighted by Crippen LogP contribution is 2.19. The SMILES string of the molecule is N=C(N)c1ccc(OCCCCCCN2CCN(CCCOc3ccc(C(=N)N)cc3)C(=O)C2=O)cc1.[C-]#[N+]c1ccc(OCCCCCCN2CCN(CCCOc3ccc(C#N)cc3)C(=O)C2=O)cc1. The van der Waals surface area contributed by atoms with Gasteiger partial charge in [0.05, 0.1) is 44.6 Å². The number of carbonyl (C=O) groups is 4. The third kappa shape index (κ3) is 18.3. The Morgan fingerprint density at radius 3 is 1.08 bits per heavy atom. The van der Waals surface area contributed by atoms with Crippen molar-refractivity contribution in [3.05, 3.63) is 125 Å². The number of piperazine rings is 2. The van der Waals surface area contributed by atoms with Crippen molar-refractivity contribution in [1.29, 1.82) is 16.1 Å². The molecule has 18 nitrogen and oxygen atoms in total. The van der Waals surface area contributed by atoms with Gasteiger partial charge in [-0.3, -0.25) is 30.0 Å². The molecule has 4 amide bonds. The average molecular weight is 983 g/mol. The number of nitrogens with two attached hydrogens (primary N) is 2. The zero-order valence-electron chi connectivity index (χ0n) is 40.9. The third-order valence-electron chi connectivity index (χ3n) is 11.9. The van der Waals surface area contributed by atoms with Gasteiger partial charge >= 0.3 is 23.6 Å². The fourth-order valence-corrected chi connectivity index (χ4v) is 7.77. The molecular weight excluding hydrogens is 917 g/mol. The third-order valence-corrected chi connectivity index (χ3v) is 11.9. The highest BCUT2D eigenvalue weighted by Gasteiger charge is 2.33. The van der Waals surface area contributed by atoms with E-state index >= 15 is 0 Å². The number of nitrogen functional groups attached to an aromatic ring is 2. The number of amidine groups is 2. The first-order chi connectivity index (χ1) is 34.9. The van der Waals surface area contributed by atoms with Crippen LogP contribution in [0, 0.1) is 28.7 Å². The number of unbranched alkanes of at least 4 members (excludes halogenated alkanes) is 6. The van der Waals surface area contributed by atoms with Crippen LogP contribution in [0.3, 0.4) is 0 Å². The van der Waals surface area contributed by atoms with Gasteiger partial charge in [-0.2, -0.15) is 5.26 Å². The highest BCUT2D eigenvalue weighted by molar-refractivity contribution is 6.35. The number of benzene rings is 4. The molecular formula is C54H66N10O8. The zero-order valence-corrected chi connectivity index (χ0v) is 40.9. The summed E-state index contributed by atoms with van der Waals surface area (Å²) in [6.45, 7) is 13.4. The molecule has 0 saturated carbocycles. The van der Waals surface area contributed by atoms with E-state index in [1.807, 2.05) is 0 Å². The largest absolute Gasteiger partial charge is 0.494 e. The van der Waals surface area contributed by atoms with Crippen LogP contribution in [0.15, 0.2) is 97.1 Å². The average Bonchev–Trinajstić information content (AvgIpc) is 3.40. The molecule has 0 bridgehead atoms. The van der Waals surface area contributed by atoms with E-state index in [-0.39, 0.29) is 11.7 Å². The molecule has 4 aromatic rings. The van der Waals surface area contributed by atoms with Gasteiger partial charge in [0.15, 0.2) is 5.69 Å². The number of amides is 4. The summed E-state index contributed by atoms with van der Waals surface area (Å²) in [5.74, 6) is 1.18. The highest BCUT2D eigenvalue weighted by atomic mass is 16.5. The molecule has 2 fully saturated rings. The van der Waals surface area contributed by atoms with E-state index in [1.54, 1.807) is 117 Å². The van der Waals surface area contributed by atoms with Crippen molar-refractivity contribution in [2.75, 3.05) is 78.8 Å².